The Morgan fingerprint density at radius 2 is 1.80 bits per heavy atom. The number of carbonyl (C=O) groups is 1. The molecule has 1 aliphatic heterocycles. The van der Waals surface area contributed by atoms with Gasteiger partial charge in [-0.15, -0.1) is 0 Å². The fourth-order valence-corrected chi connectivity index (χ4v) is 3.87. The van der Waals surface area contributed by atoms with E-state index in [4.69, 9.17) is 0 Å². The second-order valence-electron chi connectivity index (χ2n) is 6.80. The third-order valence-corrected chi connectivity index (χ3v) is 5.64. The van der Waals surface area contributed by atoms with E-state index < -0.39 is 0 Å². The van der Waals surface area contributed by atoms with Crippen LogP contribution in [0.1, 0.15) is 65.2 Å². The Morgan fingerprint density at radius 1 is 1.15 bits per heavy atom. The van der Waals surface area contributed by atoms with Gasteiger partial charge in [0.15, 0.2) is 0 Å². The van der Waals surface area contributed by atoms with Crippen molar-refractivity contribution in [2.45, 2.75) is 71.3 Å². The monoisotopic (exact) mass is 280 g/mol. The third-order valence-electron chi connectivity index (χ3n) is 5.64. The van der Waals surface area contributed by atoms with E-state index in [9.17, 15) is 4.79 Å². The van der Waals surface area contributed by atoms with Gasteiger partial charge >= 0.3 is 0 Å². The molecule has 3 heteroatoms. The van der Waals surface area contributed by atoms with Crippen molar-refractivity contribution < 1.29 is 4.79 Å². The van der Waals surface area contributed by atoms with E-state index in [0.29, 0.717) is 30.1 Å². The molecule has 3 nitrogen and oxygen atoms in total. The van der Waals surface area contributed by atoms with Crippen LogP contribution >= 0.6 is 0 Å². The summed E-state index contributed by atoms with van der Waals surface area (Å²) in [5.74, 6) is 0.386. The molecular formula is C17H32N2O. The topological polar surface area (TPSA) is 32.3 Å². The summed E-state index contributed by atoms with van der Waals surface area (Å²) in [7, 11) is 0. The molecule has 1 spiro atoms. The van der Waals surface area contributed by atoms with Crippen molar-refractivity contribution in [3.05, 3.63) is 0 Å². The number of hydrogen-bond acceptors (Lipinski definition) is 3. The van der Waals surface area contributed by atoms with Crippen LogP contribution in [0.25, 0.3) is 0 Å². The number of nitrogens with zero attached hydrogens (tertiary/aromatic N) is 1. The maximum absolute atomic E-state index is 11.3. The molecule has 2 fully saturated rings. The van der Waals surface area contributed by atoms with E-state index in [2.05, 4.69) is 17.1 Å². The Labute approximate surface area is 124 Å². The maximum atomic E-state index is 11.3. The number of carbonyl (C=O) groups excluding carboxylic acids is 1. The Hall–Kier alpha value is -0.410. The number of ketones is 1. The van der Waals surface area contributed by atoms with Crippen LogP contribution in [-0.4, -0.2) is 42.9 Å². The highest BCUT2D eigenvalue weighted by molar-refractivity contribution is 5.78. The summed E-state index contributed by atoms with van der Waals surface area (Å²) in [5, 5.41) is 3.60. The number of hydrogen-bond donors (Lipinski definition) is 1. The van der Waals surface area contributed by atoms with Crippen molar-refractivity contribution in [3.8, 4) is 0 Å². The number of piperidine rings is 1. The van der Waals surface area contributed by atoms with Gasteiger partial charge in [0.2, 0.25) is 0 Å². The van der Waals surface area contributed by atoms with Crippen molar-refractivity contribution >= 4 is 5.78 Å². The summed E-state index contributed by atoms with van der Waals surface area (Å²) in [6.07, 6.45) is 9.61. The minimum Gasteiger partial charge on any atom is -0.314 e. The van der Waals surface area contributed by atoms with Crippen LogP contribution in [-0.2, 0) is 4.79 Å². The fraction of sp³-hybridized carbons (Fsp3) is 0.941. The van der Waals surface area contributed by atoms with Gasteiger partial charge in [-0.1, -0.05) is 13.8 Å². The van der Waals surface area contributed by atoms with Gasteiger partial charge in [0.25, 0.3) is 0 Å². The van der Waals surface area contributed by atoms with E-state index in [0.717, 1.165) is 6.54 Å². The minimum absolute atomic E-state index is 0.386. The van der Waals surface area contributed by atoms with Gasteiger partial charge in [0.1, 0.15) is 5.78 Å². The first-order valence-corrected chi connectivity index (χ1v) is 8.65. The van der Waals surface area contributed by atoms with E-state index in [1.807, 2.05) is 6.92 Å². The Morgan fingerprint density at radius 3 is 2.35 bits per heavy atom. The van der Waals surface area contributed by atoms with Crippen molar-refractivity contribution in [1.82, 2.24) is 10.2 Å². The lowest BCUT2D eigenvalue weighted by Gasteiger charge is -2.46. The first-order chi connectivity index (χ1) is 9.67. The molecule has 116 valence electrons. The zero-order valence-corrected chi connectivity index (χ0v) is 13.4. The Bertz CT molecular complexity index is 298. The van der Waals surface area contributed by atoms with E-state index >= 15 is 0 Å². The molecule has 0 atom stereocenters. The molecule has 0 aromatic heterocycles. The van der Waals surface area contributed by atoms with Crippen molar-refractivity contribution in [2.75, 3.05) is 26.2 Å². The quantitative estimate of drug-likeness (QED) is 0.812. The van der Waals surface area contributed by atoms with Gasteiger partial charge < -0.3 is 10.2 Å². The van der Waals surface area contributed by atoms with Crippen LogP contribution in [0, 0.1) is 5.41 Å². The normalized spacial score (nSPS) is 24.1. The molecule has 20 heavy (non-hydrogen) atoms. The van der Waals surface area contributed by atoms with Crippen LogP contribution in [0.3, 0.4) is 0 Å². The number of likely N-dealkylation sites (tertiary alicyclic amines) is 1. The summed E-state index contributed by atoms with van der Waals surface area (Å²) in [5.41, 5.74) is 0.656. The minimum atomic E-state index is 0.386. The zero-order valence-electron chi connectivity index (χ0n) is 13.4. The predicted octanol–water partition coefficient (Wildman–Crippen LogP) is 2.99. The van der Waals surface area contributed by atoms with Gasteiger partial charge in [-0.05, 0) is 63.6 Å². The second kappa shape index (κ2) is 7.56. The molecule has 0 aromatic rings. The fourth-order valence-electron chi connectivity index (χ4n) is 3.87. The molecule has 1 N–H and O–H groups in total. The summed E-state index contributed by atoms with van der Waals surface area (Å²) < 4.78 is 0. The average molecular weight is 280 g/mol. The molecule has 2 aliphatic rings. The standard InChI is InChI=1S/C17H32N2O/c1-3-16(20)7-12-18-15-5-8-17(9-6-15)10-13-19(4-2)14-11-17/h15,18H,3-14H2,1-2H3. The molecule has 0 radical (unpaired) electrons. The van der Waals surface area contributed by atoms with E-state index in [1.165, 1.54) is 58.2 Å². The third kappa shape index (κ3) is 4.29. The second-order valence-corrected chi connectivity index (χ2v) is 6.80. The highest BCUT2D eigenvalue weighted by Crippen LogP contribution is 2.44. The molecule has 1 saturated heterocycles. The highest BCUT2D eigenvalue weighted by Gasteiger charge is 2.37. The first kappa shape index (κ1) is 16.0. The van der Waals surface area contributed by atoms with Crippen LogP contribution in [0.2, 0.25) is 0 Å². The summed E-state index contributed by atoms with van der Waals surface area (Å²) in [6, 6.07) is 0.662. The van der Waals surface area contributed by atoms with Crippen LogP contribution in [0.15, 0.2) is 0 Å². The molecule has 0 amide bonds. The summed E-state index contributed by atoms with van der Waals surface area (Å²) >= 11 is 0. The molecular weight excluding hydrogens is 248 g/mol. The molecule has 1 heterocycles. The Kier molecular flexibility index (Phi) is 6.03. The summed E-state index contributed by atoms with van der Waals surface area (Å²) in [4.78, 5) is 13.9. The molecule has 0 aromatic carbocycles. The Balaban J connectivity index is 1.66. The molecule has 0 bridgehead atoms. The first-order valence-electron chi connectivity index (χ1n) is 8.65. The van der Waals surface area contributed by atoms with Gasteiger partial charge in [0, 0.05) is 25.4 Å². The molecule has 2 rings (SSSR count). The number of nitrogens with one attached hydrogen (secondary N) is 1. The van der Waals surface area contributed by atoms with Gasteiger partial charge in [0.05, 0.1) is 0 Å². The largest absolute Gasteiger partial charge is 0.314 e. The highest BCUT2D eigenvalue weighted by atomic mass is 16.1. The molecule has 1 aliphatic carbocycles. The van der Waals surface area contributed by atoms with Gasteiger partial charge in [-0.25, -0.2) is 0 Å². The van der Waals surface area contributed by atoms with E-state index in [-0.39, 0.29) is 0 Å². The van der Waals surface area contributed by atoms with Gasteiger partial charge in [-0.3, -0.25) is 4.79 Å². The lowest BCUT2D eigenvalue weighted by atomic mass is 9.67. The van der Waals surface area contributed by atoms with Crippen molar-refractivity contribution in [1.29, 1.82) is 0 Å². The average Bonchev–Trinajstić information content (AvgIpc) is 2.50. The smallest absolute Gasteiger partial charge is 0.133 e. The number of Topliss-reactive ketones (excluding diaryl/α,β-unsaturated/α-hetero) is 1. The lowest BCUT2D eigenvalue weighted by molar-refractivity contribution is -0.118. The summed E-state index contributed by atoms with van der Waals surface area (Å²) in [6.45, 7) is 8.94. The van der Waals surface area contributed by atoms with Crippen LogP contribution in [0.5, 0.6) is 0 Å². The predicted molar refractivity (Wildman–Crippen MR) is 84.0 cm³/mol. The van der Waals surface area contributed by atoms with Crippen molar-refractivity contribution in [3.63, 3.8) is 0 Å². The van der Waals surface area contributed by atoms with Crippen LogP contribution in [0.4, 0.5) is 0 Å². The zero-order chi connectivity index (χ0) is 14.4. The molecule has 0 unspecified atom stereocenters. The number of rotatable bonds is 6. The lowest BCUT2D eigenvalue weighted by Crippen LogP contribution is -2.44. The van der Waals surface area contributed by atoms with Crippen molar-refractivity contribution in [2.24, 2.45) is 5.41 Å². The SMILES string of the molecule is CCC(=O)CCNC1CCC2(CC1)CCN(CC)CC2. The van der Waals surface area contributed by atoms with E-state index in [1.54, 1.807) is 0 Å². The van der Waals surface area contributed by atoms with Crippen LogP contribution < -0.4 is 5.32 Å². The van der Waals surface area contributed by atoms with Gasteiger partial charge in [-0.2, -0.15) is 0 Å². The maximum Gasteiger partial charge on any atom is 0.133 e. The molecule has 1 saturated carbocycles.